The van der Waals surface area contributed by atoms with E-state index in [1.54, 1.807) is 17.8 Å². The summed E-state index contributed by atoms with van der Waals surface area (Å²) in [5.41, 5.74) is 2.17. The smallest absolute Gasteiger partial charge is 0.301 e. The summed E-state index contributed by atoms with van der Waals surface area (Å²) in [7, 11) is 0. The van der Waals surface area contributed by atoms with Gasteiger partial charge in [-0.25, -0.2) is 4.98 Å². The number of aromatic amines is 1. The minimum Gasteiger partial charge on any atom is -0.301 e. The third kappa shape index (κ3) is 8.47. The standard InChI is InChI=1S/C32H39F3N2OS/c1-2-3-4-5-6-10-20-39-31-36-29(26-18-16-25(17-19-26)24-13-8-7-9-14-24)28(30(38)37-31)22-23-12-11-15-27(21-23)32(33,34)35/h7-9,11-15,21,25-26H,2-6,10,16-20,22H2,1H3,(H,36,37,38). The van der Waals surface area contributed by atoms with Gasteiger partial charge < -0.3 is 4.98 Å². The van der Waals surface area contributed by atoms with Crippen molar-refractivity contribution in [2.24, 2.45) is 0 Å². The summed E-state index contributed by atoms with van der Waals surface area (Å²) >= 11 is 1.58. The van der Waals surface area contributed by atoms with E-state index in [0.717, 1.165) is 55.7 Å². The van der Waals surface area contributed by atoms with Crippen LogP contribution in [0.3, 0.4) is 0 Å². The lowest BCUT2D eigenvalue weighted by atomic mass is 9.76. The van der Waals surface area contributed by atoms with Gasteiger partial charge in [-0.1, -0.05) is 99.3 Å². The summed E-state index contributed by atoms with van der Waals surface area (Å²) in [6.07, 6.45) is 6.77. The highest BCUT2D eigenvalue weighted by molar-refractivity contribution is 7.99. The maximum Gasteiger partial charge on any atom is 0.416 e. The van der Waals surface area contributed by atoms with Crippen molar-refractivity contribution < 1.29 is 13.2 Å². The van der Waals surface area contributed by atoms with E-state index in [1.165, 1.54) is 43.7 Å². The third-order valence-corrected chi connectivity index (χ3v) is 8.74. The number of benzene rings is 2. The second kappa shape index (κ2) is 14.2. The van der Waals surface area contributed by atoms with Crippen molar-refractivity contribution in [1.82, 2.24) is 9.97 Å². The Bertz CT molecular complexity index is 1230. The zero-order chi connectivity index (χ0) is 27.7. The Hall–Kier alpha value is -2.54. The van der Waals surface area contributed by atoms with E-state index in [0.29, 0.717) is 22.2 Å². The topological polar surface area (TPSA) is 45.8 Å². The van der Waals surface area contributed by atoms with E-state index >= 15 is 0 Å². The van der Waals surface area contributed by atoms with Gasteiger partial charge in [-0.05, 0) is 55.2 Å². The number of thioether (sulfide) groups is 1. The fourth-order valence-electron chi connectivity index (χ4n) is 5.61. The lowest BCUT2D eigenvalue weighted by molar-refractivity contribution is -0.137. The van der Waals surface area contributed by atoms with Gasteiger partial charge in [0.1, 0.15) is 0 Å². The molecule has 0 unspecified atom stereocenters. The summed E-state index contributed by atoms with van der Waals surface area (Å²) in [5, 5.41) is 0.626. The molecule has 1 fully saturated rings. The molecule has 7 heteroatoms. The van der Waals surface area contributed by atoms with Crippen molar-refractivity contribution in [1.29, 1.82) is 0 Å². The van der Waals surface area contributed by atoms with Crippen molar-refractivity contribution in [3.05, 3.63) is 92.9 Å². The van der Waals surface area contributed by atoms with Crippen LogP contribution in [0.15, 0.2) is 64.5 Å². The number of hydrogen-bond acceptors (Lipinski definition) is 3. The van der Waals surface area contributed by atoms with Crippen LogP contribution in [0.1, 0.15) is 111 Å². The predicted octanol–water partition coefficient (Wildman–Crippen LogP) is 9.27. The maximum absolute atomic E-state index is 13.4. The average Bonchev–Trinajstić information content (AvgIpc) is 2.94. The summed E-state index contributed by atoms with van der Waals surface area (Å²) < 4.78 is 40.0. The van der Waals surface area contributed by atoms with Crippen LogP contribution in [-0.4, -0.2) is 15.7 Å². The molecule has 4 rings (SSSR count). The molecule has 210 valence electrons. The number of rotatable bonds is 12. The first-order valence-electron chi connectivity index (χ1n) is 14.3. The van der Waals surface area contributed by atoms with E-state index in [-0.39, 0.29) is 17.9 Å². The molecular weight excluding hydrogens is 517 g/mol. The molecule has 1 aliphatic carbocycles. The van der Waals surface area contributed by atoms with Crippen LogP contribution in [0.5, 0.6) is 0 Å². The zero-order valence-electron chi connectivity index (χ0n) is 22.7. The largest absolute Gasteiger partial charge is 0.416 e. The Morgan fingerprint density at radius 3 is 2.31 bits per heavy atom. The number of H-pyrrole nitrogens is 1. The van der Waals surface area contributed by atoms with Crippen LogP contribution < -0.4 is 5.56 Å². The number of alkyl halides is 3. The van der Waals surface area contributed by atoms with E-state index in [4.69, 9.17) is 4.98 Å². The number of nitrogens with zero attached hydrogens (tertiary/aromatic N) is 1. The third-order valence-electron chi connectivity index (χ3n) is 7.78. The number of hydrogen-bond donors (Lipinski definition) is 1. The van der Waals surface area contributed by atoms with Gasteiger partial charge in [0.2, 0.25) is 0 Å². The monoisotopic (exact) mass is 556 g/mol. The summed E-state index contributed by atoms with van der Waals surface area (Å²) in [5.74, 6) is 1.50. The Labute approximate surface area is 234 Å². The highest BCUT2D eigenvalue weighted by Gasteiger charge is 2.31. The highest BCUT2D eigenvalue weighted by atomic mass is 32.2. The summed E-state index contributed by atoms with van der Waals surface area (Å²) in [4.78, 5) is 21.2. The van der Waals surface area contributed by atoms with E-state index in [1.807, 2.05) is 6.07 Å². The molecule has 1 saturated carbocycles. The molecule has 39 heavy (non-hydrogen) atoms. The van der Waals surface area contributed by atoms with Crippen LogP contribution in [0.2, 0.25) is 0 Å². The molecule has 0 spiro atoms. The van der Waals surface area contributed by atoms with Gasteiger partial charge in [-0.15, -0.1) is 0 Å². The second-order valence-corrected chi connectivity index (χ2v) is 11.8. The van der Waals surface area contributed by atoms with Gasteiger partial charge >= 0.3 is 6.18 Å². The Morgan fingerprint density at radius 2 is 1.59 bits per heavy atom. The van der Waals surface area contributed by atoms with E-state index < -0.39 is 11.7 Å². The van der Waals surface area contributed by atoms with Gasteiger partial charge in [0.05, 0.1) is 11.3 Å². The molecule has 0 radical (unpaired) electrons. The van der Waals surface area contributed by atoms with Gasteiger partial charge in [0.15, 0.2) is 5.16 Å². The van der Waals surface area contributed by atoms with Gasteiger partial charge in [0.25, 0.3) is 5.56 Å². The van der Waals surface area contributed by atoms with Crippen molar-refractivity contribution in [3.8, 4) is 0 Å². The number of aromatic nitrogens is 2. The molecule has 0 bridgehead atoms. The first-order chi connectivity index (χ1) is 18.8. The van der Waals surface area contributed by atoms with Crippen LogP contribution >= 0.6 is 11.8 Å². The minimum absolute atomic E-state index is 0.126. The first-order valence-corrected chi connectivity index (χ1v) is 15.3. The Morgan fingerprint density at radius 1 is 0.897 bits per heavy atom. The van der Waals surface area contributed by atoms with Crippen LogP contribution in [0.25, 0.3) is 0 Å². The minimum atomic E-state index is -4.42. The molecule has 0 amide bonds. The van der Waals surface area contributed by atoms with Crippen LogP contribution in [0.4, 0.5) is 13.2 Å². The maximum atomic E-state index is 13.4. The molecule has 0 saturated heterocycles. The number of unbranched alkanes of at least 4 members (excludes halogenated alkanes) is 5. The molecule has 0 atom stereocenters. The summed E-state index contributed by atoms with van der Waals surface area (Å²) in [6, 6.07) is 15.8. The normalized spacial score (nSPS) is 17.8. The molecule has 1 heterocycles. The summed E-state index contributed by atoms with van der Waals surface area (Å²) in [6.45, 7) is 2.21. The van der Waals surface area contributed by atoms with E-state index in [2.05, 4.69) is 36.2 Å². The van der Waals surface area contributed by atoms with Gasteiger partial charge in [-0.3, -0.25) is 4.79 Å². The Kier molecular flexibility index (Phi) is 10.7. The van der Waals surface area contributed by atoms with Crippen molar-refractivity contribution in [2.45, 2.75) is 101 Å². The number of nitrogens with one attached hydrogen (secondary N) is 1. The quantitative estimate of drug-likeness (QED) is 0.137. The Balaban J connectivity index is 1.53. The lowest BCUT2D eigenvalue weighted by Gasteiger charge is -2.29. The molecule has 2 aromatic carbocycles. The van der Waals surface area contributed by atoms with Crippen molar-refractivity contribution in [2.75, 3.05) is 5.75 Å². The van der Waals surface area contributed by atoms with Crippen molar-refractivity contribution in [3.63, 3.8) is 0 Å². The first kappa shape index (κ1) is 29.4. The molecular formula is C32H39F3N2OS. The molecule has 3 nitrogen and oxygen atoms in total. The fourth-order valence-corrected chi connectivity index (χ4v) is 6.48. The van der Waals surface area contributed by atoms with E-state index in [9.17, 15) is 18.0 Å². The predicted molar refractivity (Wildman–Crippen MR) is 154 cm³/mol. The molecule has 3 aromatic rings. The molecule has 1 aliphatic rings. The zero-order valence-corrected chi connectivity index (χ0v) is 23.6. The van der Waals surface area contributed by atoms with Crippen LogP contribution in [0, 0.1) is 0 Å². The average molecular weight is 557 g/mol. The second-order valence-electron chi connectivity index (χ2n) is 10.7. The fraction of sp³-hybridized carbons (Fsp3) is 0.500. The van der Waals surface area contributed by atoms with Crippen LogP contribution in [-0.2, 0) is 12.6 Å². The SMILES string of the molecule is CCCCCCCCSc1nc(C2CCC(c3ccccc3)CC2)c(Cc2cccc(C(F)(F)F)c2)c(=O)[nH]1. The van der Waals surface area contributed by atoms with Gasteiger partial charge in [0, 0.05) is 23.7 Å². The molecule has 0 aliphatic heterocycles. The van der Waals surface area contributed by atoms with Gasteiger partial charge in [-0.2, -0.15) is 13.2 Å². The lowest BCUT2D eigenvalue weighted by Crippen LogP contribution is -2.23. The van der Waals surface area contributed by atoms with Crippen molar-refractivity contribution >= 4 is 11.8 Å². The number of halogens is 3. The molecule has 1 aromatic heterocycles. The highest BCUT2D eigenvalue weighted by Crippen LogP contribution is 2.41. The molecule has 1 N–H and O–H groups in total.